The molecule has 0 bridgehead atoms. The maximum absolute atomic E-state index is 10.6. The zero-order chi connectivity index (χ0) is 10.7. The first kappa shape index (κ1) is 10.2. The first-order valence-electron chi connectivity index (χ1n) is 5.09. The minimum atomic E-state index is -0.929. The molecule has 1 aliphatic heterocycles. The van der Waals surface area contributed by atoms with E-state index in [1.54, 1.807) is 10.9 Å². The third-order valence-corrected chi connectivity index (χ3v) is 2.58. The van der Waals surface area contributed by atoms with Crippen molar-refractivity contribution in [3.63, 3.8) is 0 Å². The van der Waals surface area contributed by atoms with Gasteiger partial charge >= 0.3 is 5.97 Å². The average Bonchev–Trinajstić information content (AvgIpc) is 2.68. The Morgan fingerprint density at radius 3 is 3.20 bits per heavy atom. The van der Waals surface area contributed by atoms with Gasteiger partial charge in [0.25, 0.3) is 0 Å². The Kier molecular flexibility index (Phi) is 3.01. The molecule has 5 heteroatoms. The second-order valence-corrected chi connectivity index (χ2v) is 3.84. The van der Waals surface area contributed by atoms with Gasteiger partial charge in [-0.1, -0.05) is 0 Å². The van der Waals surface area contributed by atoms with E-state index < -0.39 is 5.97 Å². The molecule has 0 saturated carbocycles. The Labute approximate surface area is 87.7 Å². The topological polar surface area (TPSA) is 64.3 Å². The quantitative estimate of drug-likeness (QED) is 0.808. The van der Waals surface area contributed by atoms with Crippen LogP contribution in [0.5, 0.6) is 0 Å². The molecule has 2 heterocycles. The number of aromatic carboxylic acids is 1. The van der Waals surface area contributed by atoms with Gasteiger partial charge < -0.3 is 9.84 Å². The standard InChI is InChI=1S/C10H14N2O3/c13-10(14)9-4-11-12(6-9)5-8-2-1-3-15-7-8/h4,6,8H,1-3,5,7H2,(H,13,14)/t8-/m1/s1. The molecule has 1 aromatic heterocycles. The molecule has 0 amide bonds. The lowest BCUT2D eigenvalue weighted by atomic mass is 10.0. The lowest BCUT2D eigenvalue weighted by Gasteiger charge is -2.21. The highest BCUT2D eigenvalue weighted by Gasteiger charge is 2.15. The van der Waals surface area contributed by atoms with E-state index in [-0.39, 0.29) is 5.56 Å². The number of carboxylic acid groups (broad SMARTS) is 1. The molecule has 1 saturated heterocycles. The normalized spacial score (nSPS) is 21.5. The van der Waals surface area contributed by atoms with Crippen molar-refractivity contribution >= 4 is 5.97 Å². The van der Waals surface area contributed by atoms with Crippen LogP contribution in [0.1, 0.15) is 23.2 Å². The summed E-state index contributed by atoms with van der Waals surface area (Å²) in [7, 11) is 0. The molecule has 0 aliphatic carbocycles. The zero-order valence-corrected chi connectivity index (χ0v) is 8.43. The van der Waals surface area contributed by atoms with E-state index in [4.69, 9.17) is 9.84 Å². The molecular formula is C10H14N2O3. The van der Waals surface area contributed by atoms with Crippen LogP contribution in [0.25, 0.3) is 0 Å². The highest BCUT2D eigenvalue weighted by Crippen LogP contribution is 2.15. The molecule has 0 spiro atoms. The largest absolute Gasteiger partial charge is 0.478 e. The Balaban J connectivity index is 1.94. The lowest BCUT2D eigenvalue weighted by Crippen LogP contribution is -2.22. The van der Waals surface area contributed by atoms with Crippen molar-refractivity contribution in [2.24, 2.45) is 5.92 Å². The van der Waals surface area contributed by atoms with E-state index in [0.717, 1.165) is 32.6 Å². The summed E-state index contributed by atoms with van der Waals surface area (Å²) in [4.78, 5) is 10.6. The van der Waals surface area contributed by atoms with Crippen LogP contribution in [-0.4, -0.2) is 34.1 Å². The first-order valence-corrected chi connectivity index (χ1v) is 5.09. The SMILES string of the molecule is O=C(O)c1cnn(C[C@H]2CCCOC2)c1. The Morgan fingerprint density at radius 2 is 2.60 bits per heavy atom. The summed E-state index contributed by atoms with van der Waals surface area (Å²) >= 11 is 0. The molecule has 0 unspecified atom stereocenters. The van der Waals surface area contributed by atoms with Crippen LogP contribution in [0.2, 0.25) is 0 Å². The van der Waals surface area contributed by atoms with Crippen LogP contribution in [0.3, 0.4) is 0 Å². The molecule has 0 radical (unpaired) electrons. The highest BCUT2D eigenvalue weighted by molar-refractivity contribution is 5.86. The van der Waals surface area contributed by atoms with E-state index in [0.29, 0.717) is 5.92 Å². The van der Waals surface area contributed by atoms with Gasteiger partial charge in [-0.25, -0.2) is 4.79 Å². The molecule has 1 N–H and O–H groups in total. The number of nitrogens with zero attached hydrogens (tertiary/aromatic N) is 2. The lowest BCUT2D eigenvalue weighted by molar-refractivity contribution is 0.0470. The Hall–Kier alpha value is -1.36. The number of aromatic nitrogens is 2. The number of ether oxygens (including phenoxy) is 1. The van der Waals surface area contributed by atoms with E-state index in [1.807, 2.05) is 0 Å². The van der Waals surface area contributed by atoms with Crippen molar-refractivity contribution in [1.29, 1.82) is 0 Å². The fourth-order valence-electron chi connectivity index (χ4n) is 1.79. The predicted molar refractivity (Wildman–Crippen MR) is 52.7 cm³/mol. The molecule has 1 aromatic rings. The Morgan fingerprint density at radius 1 is 1.73 bits per heavy atom. The smallest absolute Gasteiger partial charge is 0.338 e. The predicted octanol–water partition coefficient (Wildman–Crippen LogP) is 1.01. The van der Waals surface area contributed by atoms with Gasteiger partial charge in [0.2, 0.25) is 0 Å². The monoisotopic (exact) mass is 210 g/mol. The van der Waals surface area contributed by atoms with Gasteiger partial charge in [0.05, 0.1) is 18.4 Å². The fourth-order valence-corrected chi connectivity index (χ4v) is 1.79. The molecule has 1 aliphatic rings. The minimum absolute atomic E-state index is 0.242. The van der Waals surface area contributed by atoms with E-state index in [1.165, 1.54) is 6.20 Å². The van der Waals surface area contributed by atoms with Crippen molar-refractivity contribution < 1.29 is 14.6 Å². The van der Waals surface area contributed by atoms with Crippen molar-refractivity contribution in [3.05, 3.63) is 18.0 Å². The van der Waals surface area contributed by atoms with Crippen LogP contribution in [0.15, 0.2) is 12.4 Å². The number of carboxylic acids is 1. The van der Waals surface area contributed by atoms with Gasteiger partial charge in [0.15, 0.2) is 0 Å². The molecule has 1 atom stereocenters. The minimum Gasteiger partial charge on any atom is -0.478 e. The van der Waals surface area contributed by atoms with Crippen molar-refractivity contribution in [2.75, 3.05) is 13.2 Å². The molecule has 15 heavy (non-hydrogen) atoms. The highest BCUT2D eigenvalue weighted by atomic mass is 16.5. The summed E-state index contributed by atoms with van der Waals surface area (Å²) in [5, 5.41) is 12.7. The summed E-state index contributed by atoms with van der Waals surface area (Å²) in [5.74, 6) is -0.471. The van der Waals surface area contributed by atoms with Crippen LogP contribution >= 0.6 is 0 Å². The van der Waals surface area contributed by atoms with Crippen LogP contribution < -0.4 is 0 Å². The molecule has 2 rings (SSSR count). The van der Waals surface area contributed by atoms with Gasteiger partial charge in [0.1, 0.15) is 0 Å². The second-order valence-electron chi connectivity index (χ2n) is 3.84. The van der Waals surface area contributed by atoms with Gasteiger partial charge in [-0.2, -0.15) is 5.10 Å². The van der Waals surface area contributed by atoms with Crippen LogP contribution in [0.4, 0.5) is 0 Å². The maximum atomic E-state index is 10.6. The maximum Gasteiger partial charge on any atom is 0.338 e. The summed E-state index contributed by atoms with van der Waals surface area (Å²) in [6, 6.07) is 0. The number of hydrogen-bond acceptors (Lipinski definition) is 3. The molecule has 0 aromatic carbocycles. The Bertz CT molecular complexity index is 342. The van der Waals surface area contributed by atoms with Gasteiger partial charge in [0, 0.05) is 25.3 Å². The van der Waals surface area contributed by atoms with E-state index >= 15 is 0 Å². The number of carbonyl (C=O) groups is 1. The zero-order valence-electron chi connectivity index (χ0n) is 8.43. The first-order chi connectivity index (χ1) is 7.25. The van der Waals surface area contributed by atoms with Gasteiger partial charge in [-0.05, 0) is 12.8 Å². The van der Waals surface area contributed by atoms with Crippen molar-refractivity contribution in [3.8, 4) is 0 Å². The summed E-state index contributed by atoms with van der Waals surface area (Å²) in [5.41, 5.74) is 0.242. The molecule has 5 nitrogen and oxygen atoms in total. The number of hydrogen-bond donors (Lipinski definition) is 1. The molecule has 82 valence electrons. The average molecular weight is 210 g/mol. The van der Waals surface area contributed by atoms with Crippen molar-refractivity contribution in [1.82, 2.24) is 9.78 Å². The van der Waals surface area contributed by atoms with Gasteiger partial charge in [-0.3, -0.25) is 4.68 Å². The van der Waals surface area contributed by atoms with Crippen LogP contribution in [0, 0.1) is 5.92 Å². The van der Waals surface area contributed by atoms with Crippen LogP contribution in [-0.2, 0) is 11.3 Å². The summed E-state index contributed by atoms with van der Waals surface area (Å²) in [6.45, 7) is 2.34. The molecular weight excluding hydrogens is 196 g/mol. The second kappa shape index (κ2) is 4.44. The van der Waals surface area contributed by atoms with Gasteiger partial charge in [-0.15, -0.1) is 0 Å². The van der Waals surface area contributed by atoms with Crippen molar-refractivity contribution in [2.45, 2.75) is 19.4 Å². The summed E-state index contributed by atoms with van der Waals surface area (Å²) in [6.07, 6.45) is 5.16. The van der Waals surface area contributed by atoms with E-state index in [9.17, 15) is 4.79 Å². The third kappa shape index (κ3) is 2.56. The van der Waals surface area contributed by atoms with E-state index in [2.05, 4.69) is 5.10 Å². The third-order valence-electron chi connectivity index (χ3n) is 2.58. The fraction of sp³-hybridized carbons (Fsp3) is 0.600. The summed E-state index contributed by atoms with van der Waals surface area (Å²) < 4.78 is 7.03. The molecule has 1 fully saturated rings. The number of rotatable bonds is 3.